The van der Waals surface area contributed by atoms with E-state index < -0.39 is 0 Å². The van der Waals surface area contributed by atoms with Crippen LogP contribution in [0.2, 0.25) is 0 Å². The van der Waals surface area contributed by atoms with Crippen LogP contribution >= 0.6 is 12.2 Å². The van der Waals surface area contributed by atoms with Crippen LogP contribution in [0.5, 0.6) is 5.75 Å². The molecule has 1 heterocycles. The number of nitrogens with zero attached hydrogens (tertiary/aromatic N) is 1. The largest absolute Gasteiger partial charge is 0.497 e. The Morgan fingerprint density at radius 2 is 2.05 bits per heavy atom. The minimum Gasteiger partial charge on any atom is -0.497 e. The van der Waals surface area contributed by atoms with E-state index >= 15 is 0 Å². The first kappa shape index (κ1) is 14.1. The summed E-state index contributed by atoms with van der Waals surface area (Å²) in [5.74, 6) is 0.816. The Morgan fingerprint density at radius 3 is 2.68 bits per heavy atom. The first-order valence-corrected chi connectivity index (χ1v) is 6.84. The molecule has 0 spiro atoms. The second-order valence-corrected chi connectivity index (χ2v) is 5.21. The Kier molecular flexibility index (Phi) is 4.61. The van der Waals surface area contributed by atoms with Crippen LogP contribution in [0.15, 0.2) is 24.3 Å². The van der Waals surface area contributed by atoms with Crippen LogP contribution in [0.25, 0.3) is 0 Å². The molecule has 0 bridgehead atoms. The summed E-state index contributed by atoms with van der Waals surface area (Å²) in [5.41, 5.74) is 0.941. The summed E-state index contributed by atoms with van der Waals surface area (Å²) >= 11 is 5.46. The summed E-state index contributed by atoms with van der Waals surface area (Å²) in [5, 5.41) is 3.98. The number of hydrogen-bond acceptors (Lipinski definition) is 3. The van der Waals surface area contributed by atoms with Gasteiger partial charge in [-0.25, -0.2) is 0 Å². The number of morpholine rings is 1. The molecule has 1 aromatic carbocycles. The third-order valence-corrected chi connectivity index (χ3v) is 3.39. The van der Waals surface area contributed by atoms with E-state index in [4.69, 9.17) is 21.7 Å². The summed E-state index contributed by atoms with van der Waals surface area (Å²) in [6, 6.07) is 7.75. The normalized spacial score (nSPS) is 23.0. The molecule has 0 aromatic heterocycles. The molecule has 1 fully saturated rings. The van der Waals surface area contributed by atoms with Crippen molar-refractivity contribution < 1.29 is 9.47 Å². The Balaban J connectivity index is 2.00. The van der Waals surface area contributed by atoms with Crippen molar-refractivity contribution in [2.75, 3.05) is 25.5 Å². The highest BCUT2D eigenvalue weighted by atomic mass is 32.1. The molecule has 1 saturated heterocycles. The van der Waals surface area contributed by atoms with Crippen molar-refractivity contribution in [3.05, 3.63) is 24.3 Å². The molecule has 0 amide bonds. The minimum absolute atomic E-state index is 0.203. The summed E-state index contributed by atoms with van der Waals surface area (Å²) in [6.07, 6.45) is 0.405. The van der Waals surface area contributed by atoms with Crippen molar-refractivity contribution >= 4 is 23.0 Å². The number of anilines is 1. The molecule has 0 radical (unpaired) electrons. The van der Waals surface area contributed by atoms with Gasteiger partial charge in [-0.05, 0) is 38.2 Å². The smallest absolute Gasteiger partial charge is 0.173 e. The van der Waals surface area contributed by atoms with E-state index in [1.807, 2.05) is 24.3 Å². The van der Waals surface area contributed by atoms with E-state index in [9.17, 15) is 0 Å². The van der Waals surface area contributed by atoms with Gasteiger partial charge in [0.05, 0.1) is 19.3 Å². The van der Waals surface area contributed by atoms with Crippen LogP contribution < -0.4 is 10.1 Å². The number of benzene rings is 1. The molecular weight excluding hydrogens is 260 g/mol. The Morgan fingerprint density at radius 1 is 1.37 bits per heavy atom. The fraction of sp³-hybridized carbons (Fsp3) is 0.500. The molecule has 2 unspecified atom stereocenters. The van der Waals surface area contributed by atoms with Gasteiger partial charge in [0.15, 0.2) is 5.11 Å². The van der Waals surface area contributed by atoms with Gasteiger partial charge in [-0.1, -0.05) is 6.07 Å². The van der Waals surface area contributed by atoms with Crippen molar-refractivity contribution in [1.82, 2.24) is 4.90 Å². The molecule has 0 aliphatic carbocycles. The standard InChI is InChI=1S/C14H20N2O2S/c1-10-8-16(9-11(2)18-10)14(19)15-12-5-4-6-13(7-12)17-3/h4-7,10-11H,8-9H2,1-3H3,(H,15,19). The molecule has 2 atom stereocenters. The van der Waals surface area contributed by atoms with Crippen LogP contribution in [0.4, 0.5) is 5.69 Å². The molecule has 1 N–H and O–H groups in total. The number of ether oxygens (including phenoxy) is 2. The third-order valence-electron chi connectivity index (χ3n) is 3.03. The molecule has 0 saturated carbocycles. The highest BCUT2D eigenvalue weighted by Crippen LogP contribution is 2.18. The van der Waals surface area contributed by atoms with Crippen LogP contribution in [0.3, 0.4) is 0 Å². The fourth-order valence-electron chi connectivity index (χ4n) is 2.25. The number of hydrogen-bond donors (Lipinski definition) is 1. The predicted octanol–water partition coefficient (Wildman–Crippen LogP) is 2.50. The molecule has 1 aliphatic heterocycles. The average molecular weight is 280 g/mol. The molecule has 1 aliphatic rings. The van der Waals surface area contributed by atoms with Gasteiger partial charge in [0.1, 0.15) is 5.75 Å². The van der Waals surface area contributed by atoms with Gasteiger partial charge in [0, 0.05) is 24.8 Å². The van der Waals surface area contributed by atoms with Crippen molar-refractivity contribution in [2.45, 2.75) is 26.1 Å². The topological polar surface area (TPSA) is 33.7 Å². The lowest BCUT2D eigenvalue weighted by molar-refractivity contribution is -0.0473. The molecule has 19 heavy (non-hydrogen) atoms. The van der Waals surface area contributed by atoms with Gasteiger partial charge in [-0.3, -0.25) is 0 Å². The lowest BCUT2D eigenvalue weighted by atomic mass is 10.2. The van der Waals surface area contributed by atoms with Gasteiger partial charge in [-0.15, -0.1) is 0 Å². The van der Waals surface area contributed by atoms with Crippen molar-refractivity contribution in [2.24, 2.45) is 0 Å². The summed E-state index contributed by atoms with van der Waals surface area (Å²) in [7, 11) is 1.66. The Bertz CT molecular complexity index is 443. The van der Waals surface area contributed by atoms with E-state index in [0.29, 0.717) is 0 Å². The number of thiocarbonyl (C=S) groups is 1. The van der Waals surface area contributed by atoms with E-state index in [2.05, 4.69) is 24.1 Å². The first-order valence-electron chi connectivity index (χ1n) is 6.44. The van der Waals surface area contributed by atoms with Crippen molar-refractivity contribution in [3.8, 4) is 5.75 Å². The van der Waals surface area contributed by atoms with Gasteiger partial charge in [0.25, 0.3) is 0 Å². The van der Waals surface area contributed by atoms with Gasteiger partial charge in [-0.2, -0.15) is 0 Å². The summed E-state index contributed by atoms with van der Waals surface area (Å²) < 4.78 is 10.9. The number of rotatable bonds is 2. The lowest BCUT2D eigenvalue weighted by Crippen LogP contribution is -2.49. The monoisotopic (exact) mass is 280 g/mol. The zero-order chi connectivity index (χ0) is 13.8. The number of methoxy groups -OCH3 is 1. The van der Waals surface area contributed by atoms with E-state index in [0.717, 1.165) is 29.6 Å². The quantitative estimate of drug-likeness (QED) is 0.842. The zero-order valence-electron chi connectivity index (χ0n) is 11.6. The molecular formula is C14H20N2O2S. The van der Waals surface area contributed by atoms with Crippen LogP contribution in [0.1, 0.15) is 13.8 Å². The van der Waals surface area contributed by atoms with Crippen LogP contribution in [-0.2, 0) is 4.74 Å². The lowest BCUT2D eigenvalue weighted by Gasteiger charge is -2.36. The second kappa shape index (κ2) is 6.21. The molecule has 1 aromatic rings. The second-order valence-electron chi connectivity index (χ2n) is 4.82. The third kappa shape index (κ3) is 3.81. The molecule has 104 valence electrons. The summed E-state index contributed by atoms with van der Waals surface area (Å²) in [6.45, 7) is 5.77. The highest BCUT2D eigenvalue weighted by Gasteiger charge is 2.23. The van der Waals surface area contributed by atoms with E-state index in [1.165, 1.54) is 0 Å². The predicted molar refractivity (Wildman–Crippen MR) is 80.8 cm³/mol. The molecule has 5 heteroatoms. The fourth-order valence-corrected chi connectivity index (χ4v) is 2.51. The number of nitrogens with one attached hydrogen (secondary N) is 1. The summed E-state index contributed by atoms with van der Waals surface area (Å²) in [4.78, 5) is 2.15. The minimum atomic E-state index is 0.203. The maximum atomic E-state index is 5.70. The molecule has 4 nitrogen and oxygen atoms in total. The first-order chi connectivity index (χ1) is 9.08. The zero-order valence-corrected chi connectivity index (χ0v) is 12.4. The maximum Gasteiger partial charge on any atom is 0.173 e. The van der Waals surface area contributed by atoms with Gasteiger partial charge >= 0.3 is 0 Å². The van der Waals surface area contributed by atoms with Crippen molar-refractivity contribution in [3.63, 3.8) is 0 Å². The van der Waals surface area contributed by atoms with E-state index in [-0.39, 0.29) is 12.2 Å². The van der Waals surface area contributed by atoms with Crippen LogP contribution in [0, 0.1) is 0 Å². The molecule has 2 rings (SSSR count). The SMILES string of the molecule is COc1cccc(NC(=S)N2CC(C)OC(C)C2)c1. The Hall–Kier alpha value is -1.33. The van der Waals surface area contributed by atoms with Gasteiger partial charge in [0.2, 0.25) is 0 Å². The maximum absolute atomic E-state index is 5.70. The van der Waals surface area contributed by atoms with E-state index in [1.54, 1.807) is 7.11 Å². The van der Waals surface area contributed by atoms with Gasteiger partial charge < -0.3 is 19.7 Å². The van der Waals surface area contributed by atoms with Crippen LogP contribution in [-0.4, -0.2) is 42.4 Å². The average Bonchev–Trinajstić information content (AvgIpc) is 2.37. The highest BCUT2D eigenvalue weighted by molar-refractivity contribution is 7.80. The Labute approximate surface area is 119 Å². The van der Waals surface area contributed by atoms with Crippen molar-refractivity contribution in [1.29, 1.82) is 0 Å².